The highest BCUT2D eigenvalue weighted by Gasteiger charge is 2.52. The van der Waals surface area contributed by atoms with Gasteiger partial charge in [0.1, 0.15) is 0 Å². The minimum absolute atomic E-state index is 0.157. The van der Waals surface area contributed by atoms with Crippen molar-refractivity contribution in [1.29, 1.82) is 0 Å². The van der Waals surface area contributed by atoms with Gasteiger partial charge in [0.2, 0.25) is 10.0 Å². The van der Waals surface area contributed by atoms with E-state index in [-0.39, 0.29) is 5.54 Å². The van der Waals surface area contributed by atoms with E-state index >= 15 is 0 Å². The third kappa shape index (κ3) is 2.96. The van der Waals surface area contributed by atoms with Crippen LogP contribution in [0.3, 0.4) is 0 Å². The second kappa shape index (κ2) is 5.59. The van der Waals surface area contributed by atoms with Gasteiger partial charge in [-0.25, -0.2) is 13.1 Å². The van der Waals surface area contributed by atoms with E-state index in [9.17, 15) is 8.42 Å². The molecule has 3 nitrogen and oxygen atoms in total. The lowest BCUT2D eigenvalue weighted by Gasteiger charge is -2.56. The van der Waals surface area contributed by atoms with E-state index in [0.29, 0.717) is 4.90 Å². The number of aryl methyl sites for hydroxylation is 1. The summed E-state index contributed by atoms with van der Waals surface area (Å²) in [6.45, 7) is 2.14. The molecule has 0 unspecified atom stereocenters. The summed E-state index contributed by atoms with van der Waals surface area (Å²) >= 11 is 0. The van der Waals surface area contributed by atoms with Crippen LogP contribution in [0.25, 0.3) is 0 Å². The Kier molecular flexibility index (Phi) is 3.80. The summed E-state index contributed by atoms with van der Waals surface area (Å²) in [6, 6.07) is 7.46. The number of nitrogens with one attached hydrogen (secondary N) is 1. The van der Waals surface area contributed by atoms with Crippen LogP contribution in [-0.2, 0) is 16.4 Å². The largest absolute Gasteiger partial charge is 0.241 e. The van der Waals surface area contributed by atoms with Crippen molar-refractivity contribution in [2.45, 2.75) is 68.7 Å². The number of sulfonamides is 1. The lowest BCUT2D eigenvalue weighted by molar-refractivity contribution is -0.00810. The van der Waals surface area contributed by atoms with Crippen molar-refractivity contribution < 1.29 is 8.42 Å². The molecule has 0 saturated heterocycles. The lowest BCUT2D eigenvalue weighted by atomic mass is 9.53. The lowest BCUT2D eigenvalue weighted by Crippen LogP contribution is -2.59. The Balaban J connectivity index is 1.55. The highest BCUT2D eigenvalue weighted by molar-refractivity contribution is 7.89. The van der Waals surface area contributed by atoms with Crippen molar-refractivity contribution in [2.24, 2.45) is 17.8 Å². The first-order valence-corrected chi connectivity index (χ1v) is 10.6. The molecular weight excluding hydrogens is 306 g/mol. The maximum atomic E-state index is 12.9. The predicted molar refractivity (Wildman–Crippen MR) is 91.7 cm³/mol. The fourth-order valence-corrected chi connectivity index (χ4v) is 7.14. The predicted octanol–water partition coefficient (Wildman–Crippen LogP) is 3.89. The Hall–Kier alpha value is -0.870. The van der Waals surface area contributed by atoms with Crippen molar-refractivity contribution in [1.82, 2.24) is 4.72 Å². The molecule has 1 N–H and O–H groups in total. The molecule has 126 valence electrons. The van der Waals surface area contributed by atoms with Crippen LogP contribution >= 0.6 is 0 Å². The summed E-state index contributed by atoms with van der Waals surface area (Å²) in [6.07, 6.45) is 9.21. The van der Waals surface area contributed by atoms with Crippen molar-refractivity contribution in [3.05, 3.63) is 29.8 Å². The van der Waals surface area contributed by atoms with Crippen LogP contribution in [-0.4, -0.2) is 14.0 Å². The summed E-state index contributed by atoms with van der Waals surface area (Å²) in [7, 11) is -3.40. The third-order valence-electron chi connectivity index (χ3n) is 6.16. The Morgan fingerprint density at radius 3 is 2.00 bits per heavy atom. The normalized spacial score (nSPS) is 35.6. The van der Waals surface area contributed by atoms with Gasteiger partial charge in [0.05, 0.1) is 4.90 Å². The van der Waals surface area contributed by atoms with Crippen LogP contribution in [0.15, 0.2) is 29.2 Å². The highest BCUT2D eigenvalue weighted by Crippen LogP contribution is 2.55. The van der Waals surface area contributed by atoms with Crippen LogP contribution < -0.4 is 4.72 Å². The van der Waals surface area contributed by atoms with Crippen molar-refractivity contribution in [3.8, 4) is 0 Å². The smallest absolute Gasteiger partial charge is 0.207 e. The summed E-state index contributed by atoms with van der Waals surface area (Å²) in [5.74, 6) is 2.24. The Labute approximate surface area is 139 Å². The quantitative estimate of drug-likeness (QED) is 0.888. The summed E-state index contributed by atoms with van der Waals surface area (Å²) < 4.78 is 28.9. The zero-order chi connectivity index (χ0) is 16.1. The second-order valence-corrected chi connectivity index (χ2v) is 9.88. The van der Waals surface area contributed by atoms with Crippen LogP contribution in [0.5, 0.6) is 0 Å². The average molecular weight is 333 g/mol. The molecule has 4 saturated carbocycles. The molecule has 4 fully saturated rings. The van der Waals surface area contributed by atoms with Gasteiger partial charge in [-0.1, -0.05) is 25.5 Å². The molecule has 23 heavy (non-hydrogen) atoms. The van der Waals surface area contributed by atoms with Gasteiger partial charge >= 0.3 is 0 Å². The van der Waals surface area contributed by atoms with Crippen LogP contribution in [0, 0.1) is 17.8 Å². The zero-order valence-electron chi connectivity index (χ0n) is 13.9. The van der Waals surface area contributed by atoms with Crippen LogP contribution in [0.4, 0.5) is 0 Å². The third-order valence-corrected chi connectivity index (χ3v) is 7.76. The first kappa shape index (κ1) is 15.6. The van der Waals surface area contributed by atoms with E-state index in [0.717, 1.165) is 49.9 Å². The first-order valence-electron chi connectivity index (χ1n) is 9.11. The molecule has 4 bridgehead atoms. The minimum atomic E-state index is -3.40. The van der Waals surface area contributed by atoms with Crippen LogP contribution in [0.2, 0.25) is 0 Å². The number of benzene rings is 1. The standard InChI is InChI=1S/C19H27NO2S/c1-2-3-14-4-6-18(7-5-14)23(21,22)20-19-11-15-8-16(12-19)10-17(9-15)13-19/h4-7,15-17,20H,2-3,8-13H2,1H3. The molecule has 4 heteroatoms. The highest BCUT2D eigenvalue weighted by atomic mass is 32.2. The average Bonchev–Trinajstić information content (AvgIpc) is 2.45. The van der Waals surface area contributed by atoms with E-state index in [4.69, 9.17) is 0 Å². The van der Waals surface area contributed by atoms with E-state index in [1.807, 2.05) is 12.1 Å². The van der Waals surface area contributed by atoms with Crippen molar-refractivity contribution in [3.63, 3.8) is 0 Å². The Morgan fingerprint density at radius 1 is 1.00 bits per heavy atom. The van der Waals surface area contributed by atoms with Gasteiger partial charge in [0, 0.05) is 5.54 Å². The molecule has 0 radical (unpaired) electrons. The first-order chi connectivity index (χ1) is 11.0. The number of rotatable bonds is 5. The molecule has 0 aliphatic heterocycles. The summed E-state index contributed by atoms with van der Waals surface area (Å²) in [5, 5.41) is 0. The molecule has 5 rings (SSSR count). The SMILES string of the molecule is CCCc1ccc(S(=O)(=O)NC23CC4CC(CC(C4)C2)C3)cc1. The molecule has 0 spiro atoms. The van der Waals surface area contributed by atoms with E-state index in [1.165, 1.54) is 24.8 Å². The fourth-order valence-electron chi connectivity index (χ4n) is 5.70. The number of hydrogen-bond acceptors (Lipinski definition) is 2. The zero-order valence-corrected chi connectivity index (χ0v) is 14.7. The van der Waals surface area contributed by atoms with Gasteiger partial charge in [0.25, 0.3) is 0 Å². The molecule has 1 aromatic carbocycles. The van der Waals surface area contributed by atoms with Gasteiger partial charge in [-0.05, 0) is 80.4 Å². The van der Waals surface area contributed by atoms with Gasteiger partial charge in [-0.2, -0.15) is 0 Å². The molecule has 0 aromatic heterocycles. The van der Waals surface area contributed by atoms with Gasteiger partial charge in [-0.15, -0.1) is 0 Å². The molecule has 4 aliphatic carbocycles. The van der Waals surface area contributed by atoms with Gasteiger partial charge < -0.3 is 0 Å². The molecule has 4 aliphatic rings. The molecule has 0 heterocycles. The summed E-state index contributed by atoms with van der Waals surface area (Å²) in [4.78, 5) is 0.424. The fraction of sp³-hybridized carbons (Fsp3) is 0.684. The topological polar surface area (TPSA) is 46.2 Å². The summed E-state index contributed by atoms with van der Waals surface area (Å²) in [5.41, 5.74) is 1.05. The van der Waals surface area contributed by atoms with E-state index < -0.39 is 10.0 Å². The van der Waals surface area contributed by atoms with E-state index in [1.54, 1.807) is 12.1 Å². The molecule has 1 aromatic rings. The molecular formula is C19H27NO2S. The number of hydrogen-bond donors (Lipinski definition) is 1. The molecule has 0 atom stereocenters. The van der Waals surface area contributed by atoms with Gasteiger partial charge in [-0.3, -0.25) is 0 Å². The second-order valence-electron chi connectivity index (χ2n) is 8.20. The van der Waals surface area contributed by atoms with Crippen LogP contribution in [0.1, 0.15) is 57.4 Å². The Morgan fingerprint density at radius 2 is 1.52 bits per heavy atom. The van der Waals surface area contributed by atoms with Crippen molar-refractivity contribution in [2.75, 3.05) is 0 Å². The molecule has 0 amide bonds. The monoisotopic (exact) mass is 333 g/mol. The van der Waals surface area contributed by atoms with E-state index in [2.05, 4.69) is 11.6 Å². The maximum Gasteiger partial charge on any atom is 0.241 e. The maximum absolute atomic E-state index is 12.9. The minimum Gasteiger partial charge on any atom is -0.207 e. The van der Waals surface area contributed by atoms with Crippen molar-refractivity contribution >= 4 is 10.0 Å². The Bertz CT molecular complexity index is 643. The van der Waals surface area contributed by atoms with Gasteiger partial charge in [0.15, 0.2) is 0 Å².